The molecular weight excluding hydrogens is 206 g/mol. The normalized spacial score (nSPS) is 12.2. The summed E-state index contributed by atoms with van der Waals surface area (Å²) in [6, 6.07) is 1.99. The molecule has 1 heterocycles. The molecule has 16 heavy (non-hydrogen) atoms. The third kappa shape index (κ3) is 2.79. The van der Waals surface area contributed by atoms with Gasteiger partial charge in [0.2, 0.25) is 5.91 Å². The van der Waals surface area contributed by atoms with Crippen LogP contribution in [0.5, 0.6) is 0 Å². The molecule has 1 amide bonds. The lowest BCUT2D eigenvalue weighted by Crippen LogP contribution is -2.33. The van der Waals surface area contributed by atoms with Gasteiger partial charge in [-0.25, -0.2) is 0 Å². The number of aryl methyl sites for hydroxylation is 1. The summed E-state index contributed by atoms with van der Waals surface area (Å²) in [5.74, 6) is -0.216. The van der Waals surface area contributed by atoms with Crippen LogP contribution in [0.3, 0.4) is 0 Å². The van der Waals surface area contributed by atoms with Crippen molar-refractivity contribution in [2.24, 2.45) is 18.9 Å². The minimum absolute atomic E-state index is 0.00416. The first-order valence-corrected chi connectivity index (χ1v) is 5.06. The molecule has 0 aliphatic rings. The summed E-state index contributed by atoms with van der Waals surface area (Å²) in [6.07, 6.45) is 1.56. The van der Waals surface area contributed by atoms with Gasteiger partial charge in [0.05, 0.1) is 12.6 Å². The van der Waals surface area contributed by atoms with E-state index in [0.717, 1.165) is 0 Å². The van der Waals surface area contributed by atoms with Crippen LogP contribution in [0, 0.1) is 23.2 Å². The maximum Gasteiger partial charge on any atom is 0.237 e. The molecule has 0 aromatic carbocycles. The molecule has 1 unspecified atom stereocenters. The van der Waals surface area contributed by atoms with Gasteiger partial charge in [0, 0.05) is 7.05 Å². The van der Waals surface area contributed by atoms with Crippen LogP contribution in [0.1, 0.15) is 19.7 Å². The monoisotopic (exact) mass is 221 g/mol. The van der Waals surface area contributed by atoms with Crippen LogP contribution >= 0.6 is 0 Å². The summed E-state index contributed by atoms with van der Waals surface area (Å²) in [6.45, 7) is 3.98. The lowest BCUT2D eigenvalue weighted by atomic mass is 9.97. The molecule has 1 aromatic heterocycles. The predicted molar refractivity (Wildman–Crippen MR) is 56.8 cm³/mol. The zero-order valence-corrected chi connectivity index (χ0v) is 9.64. The van der Waals surface area contributed by atoms with Crippen molar-refractivity contribution < 1.29 is 4.79 Å². The predicted octanol–water partition coefficient (Wildman–Crippen LogP) is 0.227. The van der Waals surface area contributed by atoms with Gasteiger partial charge >= 0.3 is 0 Å². The van der Waals surface area contributed by atoms with E-state index in [0.29, 0.717) is 12.4 Å². The molecule has 1 atom stereocenters. The molecular formula is C10H15N5O. The molecule has 0 aliphatic heterocycles. The molecule has 0 fully saturated rings. The first kappa shape index (κ1) is 12.2. The van der Waals surface area contributed by atoms with E-state index in [4.69, 9.17) is 5.26 Å². The minimum Gasteiger partial charge on any atom is -0.348 e. The number of carbonyl (C=O) groups is 1. The first-order chi connectivity index (χ1) is 7.56. The van der Waals surface area contributed by atoms with Crippen molar-refractivity contribution in [2.75, 3.05) is 0 Å². The van der Waals surface area contributed by atoms with Gasteiger partial charge in [-0.3, -0.25) is 4.79 Å². The van der Waals surface area contributed by atoms with Gasteiger partial charge in [0.15, 0.2) is 5.82 Å². The van der Waals surface area contributed by atoms with Crippen LogP contribution < -0.4 is 5.32 Å². The summed E-state index contributed by atoms with van der Waals surface area (Å²) < 4.78 is 1.72. The summed E-state index contributed by atoms with van der Waals surface area (Å²) in [5.41, 5.74) is 0. The highest BCUT2D eigenvalue weighted by Crippen LogP contribution is 2.09. The Morgan fingerprint density at radius 2 is 2.38 bits per heavy atom. The lowest BCUT2D eigenvalue weighted by Gasteiger charge is -2.12. The highest BCUT2D eigenvalue weighted by atomic mass is 16.1. The van der Waals surface area contributed by atoms with E-state index in [2.05, 4.69) is 15.5 Å². The van der Waals surface area contributed by atoms with Gasteiger partial charge in [-0.15, -0.1) is 10.2 Å². The standard InChI is InChI=1S/C10H15N5O/c1-7(2)8(4-11)10(16)12-5-9-14-13-6-15(9)3/h6-8H,5H2,1-3H3,(H,12,16). The SMILES string of the molecule is CC(C)C(C#N)C(=O)NCc1nncn1C. The molecule has 86 valence electrons. The highest BCUT2D eigenvalue weighted by molar-refractivity contribution is 5.81. The lowest BCUT2D eigenvalue weighted by molar-refractivity contribution is -0.124. The number of nitrogens with zero attached hydrogens (tertiary/aromatic N) is 4. The third-order valence-electron chi connectivity index (χ3n) is 2.31. The second kappa shape index (κ2) is 5.26. The van der Waals surface area contributed by atoms with Gasteiger partial charge in [-0.2, -0.15) is 5.26 Å². The number of carbonyl (C=O) groups excluding carboxylic acids is 1. The highest BCUT2D eigenvalue weighted by Gasteiger charge is 2.21. The van der Waals surface area contributed by atoms with Crippen molar-refractivity contribution >= 4 is 5.91 Å². The molecule has 0 saturated carbocycles. The molecule has 6 heteroatoms. The second-order valence-electron chi connectivity index (χ2n) is 3.93. The zero-order chi connectivity index (χ0) is 12.1. The maximum atomic E-state index is 11.6. The van der Waals surface area contributed by atoms with Crippen LogP contribution in [0.4, 0.5) is 0 Å². The van der Waals surface area contributed by atoms with E-state index in [1.54, 1.807) is 17.9 Å². The molecule has 0 bridgehead atoms. The fourth-order valence-electron chi connectivity index (χ4n) is 1.25. The van der Waals surface area contributed by atoms with E-state index in [1.165, 1.54) is 0 Å². The number of nitriles is 1. The maximum absolute atomic E-state index is 11.6. The second-order valence-corrected chi connectivity index (χ2v) is 3.93. The number of hydrogen-bond acceptors (Lipinski definition) is 4. The Balaban J connectivity index is 2.53. The van der Waals surface area contributed by atoms with Crippen LogP contribution in [0.15, 0.2) is 6.33 Å². The Morgan fingerprint density at radius 3 is 2.81 bits per heavy atom. The molecule has 6 nitrogen and oxygen atoms in total. The molecule has 0 radical (unpaired) electrons. The van der Waals surface area contributed by atoms with E-state index in [-0.39, 0.29) is 11.8 Å². The number of nitrogens with one attached hydrogen (secondary N) is 1. The fourth-order valence-corrected chi connectivity index (χ4v) is 1.25. The summed E-state index contributed by atoms with van der Waals surface area (Å²) in [5, 5.41) is 19.0. The van der Waals surface area contributed by atoms with Crippen LogP contribution in [0.25, 0.3) is 0 Å². The summed E-state index contributed by atoms with van der Waals surface area (Å²) in [4.78, 5) is 11.6. The van der Waals surface area contributed by atoms with E-state index in [9.17, 15) is 4.79 Å². The Bertz CT molecular complexity index is 404. The van der Waals surface area contributed by atoms with E-state index in [1.807, 2.05) is 19.9 Å². The number of rotatable bonds is 4. The van der Waals surface area contributed by atoms with Crippen LogP contribution in [-0.2, 0) is 18.4 Å². The van der Waals surface area contributed by atoms with Crippen molar-refractivity contribution in [3.05, 3.63) is 12.2 Å². The average Bonchev–Trinajstić information content (AvgIpc) is 2.61. The number of amides is 1. The molecule has 1 rings (SSSR count). The van der Waals surface area contributed by atoms with E-state index >= 15 is 0 Å². The van der Waals surface area contributed by atoms with Crippen molar-refractivity contribution in [1.82, 2.24) is 20.1 Å². The van der Waals surface area contributed by atoms with Gasteiger partial charge in [0.25, 0.3) is 0 Å². The van der Waals surface area contributed by atoms with Crippen LogP contribution in [-0.4, -0.2) is 20.7 Å². The largest absolute Gasteiger partial charge is 0.348 e. The van der Waals surface area contributed by atoms with E-state index < -0.39 is 5.92 Å². The molecule has 0 saturated heterocycles. The Hall–Kier alpha value is -1.90. The zero-order valence-electron chi connectivity index (χ0n) is 9.64. The van der Waals surface area contributed by atoms with Crippen LogP contribution in [0.2, 0.25) is 0 Å². The Labute approximate surface area is 94.3 Å². The third-order valence-corrected chi connectivity index (χ3v) is 2.31. The summed E-state index contributed by atoms with van der Waals surface area (Å²) in [7, 11) is 1.80. The van der Waals surface area contributed by atoms with Crippen molar-refractivity contribution in [1.29, 1.82) is 5.26 Å². The number of hydrogen-bond donors (Lipinski definition) is 1. The Morgan fingerprint density at radius 1 is 1.69 bits per heavy atom. The van der Waals surface area contributed by atoms with Gasteiger partial charge in [0.1, 0.15) is 12.2 Å². The van der Waals surface area contributed by atoms with Crippen molar-refractivity contribution in [2.45, 2.75) is 20.4 Å². The number of aromatic nitrogens is 3. The fraction of sp³-hybridized carbons (Fsp3) is 0.600. The molecule has 1 aromatic rings. The van der Waals surface area contributed by atoms with Crippen molar-refractivity contribution in [3.8, 4) is 6.07 Å². The first-order valence-electron chi connectivity index (χ1n) is 5.06. The summed E-state index contributed by atoms with van der Waals surface area (Å²) >= 11 is 0. The molecule has 0 spiro atoms. The molecule has 1 N–H and O–H groups in total. The van der Waals surface area contributed by atoms with Gasteiger partial charge < -0.3 is 9.88 Å². The van der Waals surface area contributed by atoms with Crippen molar-refractivity contribution in [3.63, 3.8) is 0 Å². The van der Waals surface area contributed by atoms with Gasteiger partial charge in [-0.1, -0.05) is 13.8 Å². The quantitative estimate of drug-likeness (QED) is 0.788. The Kier molecular flexibility index (Phi) is 4.00. The smallest absolute Gasteiger partial charge is 0.237 e. The average molecular weight is 221 g/mol. The topological polar surface area (TPSA) is 83.6 Å². The minimum atomic E-state index is -0.617. The molecule has 0 aliphatic carbocycles. The van der Waals surface area contributed by atoms with Gasteiger partial charge in [-0.05, 0) is 5.92 Å².